The van der Waals surface area contributed by atoms with Crippen LogP contribution in [0.1, 0.15) is 5.56 Å². The van der Waals surface area contributed by atoms with E-state index in [1.54, 1.807) is 24.3 Å². The van der Waals surface area contributed by atoms with Gasteiger partial charge in [0.05, 0.1) is 0 Å². The van der Waals surface area contributed by atoms with Crippen molar-refractivity contribution in [1.82, 2.24) is 0 Å². The molecule has 120 valence electrons. The van der Waals surface area contributed by atoms with E-state index in [2.05, 4.69) is 16.9 Å². The molecule has 0 atom stereocenters. The SMILES string of the molecule is Cc1ccc(S(=O)(=O)Nc2ccc3[se]c4ccccc4c3c2)cc1. The number of sulfonamides is 1. The van der Waals surface area contributed by atoms with Gasteiger partial charge >= 0.3 is 147 Å². The molecule has 3 nitrogen and oxygen atoms in total. The molecule has 1 aromatic heterocycles. The molecule has 0 radical (unpaired) electrons. The monoisotopic (exact) mass is 401 g/mol. The zero-order valence-electron chi connectivity index (χ0n) is 13.0. The molecule has 0 fully saturated rings. The minimum atomic E-state index is -3.57. The molecule has 0 amide bonds. The van der Waals surface area contributed by atoms with Crippen molar-refractivity contribution in [1.29, 1.82) is 0 Å². The second-order valence-corrected chi connectivity index (χ2v) is 9.68. The van der Waals surface area contributed by atoms with E-state index < -0.39 is 10.0 Å². The van der Waals surface area contributed by atoms with Gasteiger partial charge in [-0.25, -0.2) is 0 Å². The zero-order chi connectivity index (χ0) is 16.7. The van der Waals surface area contributed by atoms with Crippen molar-refractivity contribution in [3.63, 3.8) is 0 Å². The summed E-state index contributed by atoms with van der Waals surface area (Å²) < 4.78 is 30.4. The van der Waals surface area contributed by atoms with Gasteiger partial charge in [-0.1, -0.05) is 0 Å². The van der Waals surface area contributed by atoms with Gasteiger partial charge in [0, 0.05) is 0 Å². The fraction of sp³-hybridized carbons (Fsp3) is 0.0526. The van der Waals surface area contributed by atoms with E-state index >= 15 is 0 Å². The zero-order valence-corrected chi connectivity index (χ0v) is 15.5. The molecular formula is C19H15NO2SSe. The molecule has 0 unspecified atom stereocenters. The Morgan fingerprint density at radius 1 is 0.833 bits per heavy atom. The Kier molecular flexibility index (Phi) is 3.72. The average molecular weight is 400 g/mol. The first-order chi connectivity index (χ1) is 11.5. The molecule has 4 aromatic rings. The van der Waals surface area contributed by atoms with Crippen LogP contribution in [0, 0.1) is 6.92 Å². The Morgan fingerprint density at radius 2 is 1.54 bits per heavy atom. The van der Waals surface area contributed by atoms with Crippen LogP contribution in [-0.2, 0) is 10.0 Å². The molecule has 3 aromatic carbocycles. The number of nitrogens with one attached hydrogen (secondary N) is 1. The molecule has 1 heterocycles. The van der Waals surface area contributed by atoms with Crippen molar-refractivity contribution in [2.24, 2.45) is 0 Å². The van der Waals surface area contributed by atoms with E-state index in [0.717, 1.165) is 10.9 Å². The minimum absolute atomic E-state index is 0.276. The van der Waals surface area contributed by atoms with Crippen LogP contribution in [0.2, 0.25) is 0 Å². The predicted octanol–water partition coefficient (Wildman–Crippen LogP) is 4.16. The number of anilines is 1. The normalized spacial score (nSPS) is 11.9. The van der Waals surface area contributed by atoms with Crippen LogP contribution in [0.3, 0.4) is 0 Å². The van der Waals surface area contributed by atoms with Gasteiger partial charge in [-0.15, -0.1) is 0 Å². The van der Waals surface area contributed by atoms with E-state index in [-0.39, 0.29) is 4.90 Å². The molecule has 0 aliphatic carbocycles. The summed E-state index contributed by atoms with van der Waals surface area (Å²) in [7, 11) is -3.57. The molecular weight excluding hydrogens is 385 g/mol. The standard InChI is InChI=1S/C19H15NO2SSe/c1-13-6-9-15(10-7-13)23(21,22)20-14-8-11-19-17(12-14)16-4-2-3-5-18(16)24-19/h2-12,20H,1H3. The van der Waals surface area contributed by atoms with E-state index in [9.17, 15) is 8.42 Å². The second kappa shape index (κ2) is 5.78. The summed E-state index contributed by atoms with van der Waals surface area (Å²) in [5.41, 5.74) is 1.63. The summed E-state index contributed by atoms with van der Waals surface area (Å²) in [5, 5.41) is 2.35. The van der Waals surface area contributed by atoms with Crippen LogP contribution in [0.25, 0.3) is 19.3 Å². The van der Waals surface area contributed by atoms with E-state index in [1.165, 1.54) is 13.9 Å². The van der Waals surface area contributed by atoms with Crippen molar-refractivity contribution < 1.29 is 8.42 Å². The van der Waals surface area contributed by atoms with Gasteiger partial charge in [-0.2, -0.15) is 0 Å². The van der Waals surface area contributed by atoms with Gasteiger partial charge in [-0.05, 0) is 0 Å². The third-order valence-electron chi connectivity index (χ3n) is 3.96. The average Bonchev–Trinajstić information content (AvgIpc) is 2.93. The van der Waals surface area contributed by atoms with Crippen LogP contribution in [0.4, 0.5) is 5.69 Å². The third-order valence-corrected chi connectivity index (χ3v) is 7.77. The number of rotatable bonds is 3. The van der Waals surface area contributed by atoms with Crippen molar-refractivity contribution in [2.75, 3.05) is 4.72 Å². The second-order valence-electron chi connectivity index (χ2n) is 5.73. The molecule has 1 N–H and O–H groups in total. The van der Waals surface area contributed by atoms with Crippen molar-refractivity contribution >= 4 is 49.5 Å². The molecule has 0 aliphatic heterocycles. The summed E-state index contributed by atoms with van der Waals surface area (Å²) >= 11 is 0.292. The number of hydrogen-bond acceptors (Lipinski definition) is 2. The van der Waals surface area contributed by atoms with Crippen LogP contribution < -0.4 is 4.72 Å². The first kappa shape index (κ1) is 15.5. The molecule has 0 spiro atoms. The van der Waals surface area contributed by atoms with Gasteiger partial charge in [0.15, 0.2) is 0 Å². The summed E-state index contributed by atoms with van der Waals surface area (Å²) in [6.45, 7) is 1.93. The number of hydrogen-bond donors (Lipinski definition) is 1. The van der Waals surface area contributed by atoms with Crippen molar-refractivity contribution in [2.45, 2.75) is 11.8 Å². The molecule has 0 saturated heterocycles. The number of aryl methyl sites for hydroxylation is 1. The Balaban J connectivity index is 1.76. The summed E-state index contributed by atoms with van der Waals surface area (Å²) in [6, 6.07) is 21.0. The predicted molar refractivity (Wildman–Crippen MR) is 100 cm³/mol. The molecule has 5 heteroatoms. The number of fused-ring (bicyclic) bond motifs is 3. The summed E-state index contributed by atoms with van der Waals surface area (Å²) in [4.78, 5) is 0.276. The van der Waals surface area contributed by atoms with Crippen molar-refractivity contribution in [3.05, 3.63) is 72.3 Å². The van der Waals surface area contributed by atoms with Gasteiger partial charge in [0.2, 0.25) is 0 Å². The Hall–Kier alpha value is -2.07. The van der Waals surface area contributed by atoms with Gasteiger partial charge in [-0.3, -0.25) is 0 Å². The Bertz CT molecular complexity index is 1150. The van der Waals surface area contributed by atoms with Crippen LogP contribution in [0.5, 0.6) is 0 Å². The fourth-order valence-corrected chi connectivity index (χ4v) is 6.05. The first-order valence-electron chi connectivity index (χ1n) is 7.54. The summed E-state index contributed by atoms with van der Waals surface area (Å²) in [5.74, 6) is 0. The maximum atomic E-state index is 12.6. The quantitative estimate of drug-likeness (QED) is 0.525. The molecule has 24 heavy (non-hydrogen) atoms. The van der Waals surface area contributed by atoms with Crippen molar-refractivity contribution in [3.8, 4) is 0 Å². The Labute approximate surface area is 146 Å². The van der Waals surface area contributed by atoms with Crippen LogP contribution >= 0.6 is 0 Å². The van der Waals surface area contributed by atoms with Gasteiger partial charge < -0.3 is 0 Å². The molecule has 0 saturated carbocycles. The van der Waals surface area contributed by atoms with E-state index in [1.807, 2.05) is 37.3 Å². The third kappa shape index (κ3) is 2.75. The molecule has 0 aliphatic rings. The molecule has 0 bridgehead atoms. The van der Waals surface area contributed by atoms with E-state index in [0.29, 0.717) is 20.2 Å². The maximum absolute atomic E-state index is 12.6. The van der Waals surface area contributed by atoms with Crippen LogP contribution in [-0.4, -0.2) is 22.9 Å². The summed E-state index contributed by atoms with van der Waals surface area (Å²) in [6.07, 6.45) is 0. The Morgan fingerprint density at radius 3 is 2.33 bits per heavy atom. The topological polar surface area (TPSA) is 46.2 Å². The van der Waals surface area contributed by atoms with E-state index in [4.69, 9.17) is 0 Å². The van der Waals surface area contributed by atoms with Crippen LogP contribution in [0.15, 0.2) is 71.6 Å². The number of benzene rings is 3. The molecule has 4 rings (SSSR count). The van der Waals surface area contributed by atoms with Gasteiger partial charge in [0.1, 0.15) is 0 Å². The first-order valence-corrected chi connectivity index (χ1v) is 10.7. The fourth-order valence-electron chi connectivity index (χ4n) is 2.72. The van der Waals surface area contributed by atoms with Gasteiger partial charge in [0.25, 0.3) is 0 Å².